The maximum absolute atomic E-state index is 9.32. The summed E-state index contributed by atoms with van der Waals surface area (Å²) in [5, 5.41) is 9.32. The first-order valence-electron chi connectivity index (χ1n) is 3.60. The number of hydrogen-bond acceptors (Lipinski definition) is 2. The van der Waals surface area contributed by atoms with Gasteiger partial charge in [-0.2, -0.15) is 0 Å². The van der Waals surface area contributed by atoms with Crippen LogP contribution in [0, 0.1) is 0 Å². The molecule has 0 saturated carbocycles. The van der Waals surface area contributed by atoms with E-state index < -0.39 is 6.10 Å². The molecule has 1 aromatic heterocycles. The fourth-order valence-corrected chi connectivity index (χ4v) is 2.04. The number of rotatable bonds is 3. The molecule has 1 heterocycles. The van der Waals surface area contributed by atoms with E-state index in [1.54, 1.807) is 11.3 Å². The van der Waals surface area contributed by atoms with Crippen LogP contribution in [0.5, 0.6) is 0 Å². The summed E-state index contributed by atoms with van der Waals surface area (Å²) in [5.74, 6) is 0.281. The topological polar surface area (TPSA) is 20.2 Å². The lowest BCUT2D eigenvalue weighted by Crippen LogP contribution is -1.93. The van der Waals surface area contributed by atoms with E-state index in [0.717, 1.165) is 11.3 Å². The van der Waals surface area contributed by atoms with Crippen molar-refractivity contribution in [3.8, 4) is 0 Å². The van der Waals surface area contributed by atoms with Gasteiger partial charge < -0.3 is 5.11 Å². The highest BCUT2D eigenvalue weighted by Crippen LogP contribution is 2.24. The number of halogens is 1. The SMILES string of the molecule is CCc1ccc([C@H](O)CCl)s1. The molecule has 1 aromatic rings. The smallest absolute Gasteiger partial charge is 0.102 e. The first-order valence-corrected chi connectivity index (χ1v) is 4.95. The Morgan fingerprint density at radius 3 is 2.82 bits per heavy atom. The zero-order chi connectivity index (χ0) is 8.27. The van der Waals surface area contributed by atoms with Crippen molar-refractivity contribution in [2.24, 2.45) is 0 Å². The summed E-state index contributed by atoms with van der Waals surface area (Å²) in [4.78, 5) is 2.26. The van der Waals surface area contributed by atoms with E-state index in [4.69, 9.17) is 11.6 Å². The molecule has 0 aromatic carbocycles. The maximum Gasteiger partial charge on any atom is 0.102 e. The second kappa shape index (κ2) is 4.10. The Hall–Kier alpha value is -0.0500. The summed E-state index contributed by atoms with van der Waals surface area (Å²) >= 11 is 7.13. The van der Waals surface area contributed by atoms with Gasteiger partial charge >= 0.3 is 0 Å². The molecule has 0 bridgehead atoms. The second-order valence-electron chi connectivity index (χ2n) is 2.33. The van der Waals surface area contributed by atoms with Gasteiger partial charge in [0, 0.05) is 9.75 Å². The Kier molecular flexibility index (Phi) is 3.37. The van der Waals surface area contributed by atoms with Gasteiger partial charge in [-0.1, -0.05) is 6.92 Å². The molecule has 1 rings (SSSR count). The number of hydrogen-bond donors (Lipinski definition) is 1. The van der Waals surface area contributed by atoms with Gasteiger partial charge in [-0.3, -0.25) is 0 Å². The number of aliphatic hydroxyl groups is 1. The van der Waals surface area contributed by atoms with Crippen LogP contribution in [0.1, 0.15) is 22.8 Å². The minimum Gasteiger partial charge on any atom is -0.386 e. The summed E-state index contributed by atoms with van der Waals surface area (Å²) in [7, 11) is 0. The zero-order valence-corrected chi connectivity index (χ0v) is 7.95. The summed E-state index contributed by atoms with van der Waals surface area (Å²) < 4.78 is 0. The van der Waals surface area contributed by atoms with Crippen molar-refractivity contribution in [2.75, 3.05) is 5.88 Å². The van der Waals surface area contributed by atoms with E-state index in [1.807, 2.05) is 12.1 Å². The molecule has 0 saturated heterocycles. The van der Waals surface area contributed by atoms with Crippen LogP contribution in [-0.4, -0.2) is 11.0 Å². The van der Waals surface area contributed by atoms with Crippen LogP contribution >= 0.6 is 22.9 Å². The molecular formula is C8H11ClOS. The molecule has 0 aliphatic rings. The highest BCUT2D eigenvalue weighted by molar-refractivity contribution is 7.12. The quantitative estimate of drug-likeness (QED) is 0.727. The first-order chi connectivity index (χ1) is 5.27. The number of aryl methyl sites for hydroxylation is 1. The molecule has 0 radical (unpaired) electrons. The van der Waals surface area contributed by atoms with Crippen molar-refractivity contribution in [1.29, 1.82) is 0 Å². The minimum atomic E-state index is -0.484. The van der Waals surface area contributed by atoms with Gasteiger partial charge in [0.05, 0.1) is 5.88 Å². The molecule has 0 aliphatic heterocycles. The van der Waals surface area contributed by atoms with Crippen molar-refractivity contribution < 1.29 is 5.11 Å². The molecule has 0 fully saturated rings. The molecule has 3 heteroatoms. The molecule has 0 spiro atoms. The van der Waals surface area contributed by atoms with E-state index in [2.05, 4.69) is 6.92 Å². The highest BCUT2D eigenvalue weighted by atomic mass is 35.5. The van der Waals surface area contributed by atoms with Crippen LogP contribution in [0.4, 0.5) is 0 Å². The predicted octanol–water partition coefficient (Wildman–Crippen LogP) is 2.58. The Balaban J connectivity index is 2.71. The standard InChI is InChI=1S/C8H11ClOS/c1-2-6-3-4-8(11-6)7(10)5-9/h3-4,7,10H,2,5H2,1H3/t7-/m1/s1. The molecule has 1 N–H and O–H groups in total. The lowest BCUT2D eigenvalue weighted by molar-refractivity contribution is 0.206. The Morgan fingerprint density at radius 2 is 2.36 bits per heavy atom. The Labute approximate surface area is 75.6 Å². The van der Waals surface area contributed by atoms with Gasteiger partial charge in [-0.05, 0) is 18.6 Å². The third-order valence-corrected chi connectivity index (χ3v) is 3.13. The molecule has 0 aliphatic carbocycles. The molecule has 62 valence electrons. The molecular weight excluding hydrogens is 180 g/mol. The summed E-state index contributed by atoms with van der Waals surface area (Å²) in [6, 6.07) is 3.98. The van der Waals surface area contributed by atoms with Crippen LogP contribution in [0.15, 0.2) is 12.1 Å². The van der Waals surface area contributed by atoms with Gasteiger partial charge in [-0.25, -0.2) is 0 Å². The Morgan fingerprint density at radius 1 is 1.64 bits per heavy atom. The van der Waals surface area contributed by atoms with Crippen molar-refractivity contribution in [2.45, 2.75) is 19.4 Å². The van der Waals surface area contributed by atoms with Crippen molar-refractivity contribution >= 4 is 22.9 Å². The fourth-order valence-electron chi connectivity index (χ4n) is 0.840. The summed E-state index contributed by atoms with van der Waals surface area (Å²) in [5.41, 5.74) is 0. The third kappa shape index (κ3) is 2.19. The van der Waals surface area contributed by atoms with Gasteiger partial charge in [0.2, 0.25) is 0 Å². The lowest BCUT2D eigenvalue weighted by Gasteiger charge is -2.00. The van der Waals surface area contributed by atoms with Crippen LogP contribution in [0.25, 0.3) is 0 Å². The zero-order valence-electron chi connectivity index (χ0n) is 6.38. The molecule has 1 nitrogen and oxygen atoms in total. The molecule has 1 atom stereocenters. The van der Waals surface area contributed by atoms with Gasteiger partial charge in [0.1, 0.15) is 6.10 Å². The van der Waals surface area contributed by atoms with Crippen molar-refractivity contribution in [3.05, 3.63) is 21.9 Å². The number of alkyl halides is 1. The number of aliphatic hydroxyl groups excluding tert-OH is 1. The van der Waals surface area contributed by atoms with Crippen molar-refractivity contribution in [3.63, 3.8) is 0 Å². The molecule has 0 unspecified atom stereocenters. The van der Waals surface area contributed by atoms with Crippen LogP contribution in [-0.2, 0) is 6.42 Å². The van der Waals surface area contributed by atoms with E-state index >= 15 is 0 Å². The summed E-state index contributed by atoms with van der Waals surface area (Å²) in [6.45, 7) is 2.10. The highest BCUT2D eigenvalue weighted by Gasteiger charge is 2.07. The maximum atomic E-state index is 9.32. The fraction of sp³-hybridized carbons (Fsp3) is 0.500. The number of thiophene rings is 1. The second-order valence-corrected chi connectivity index (χ2v) is 3.84. The van der Waals surface area contributed by atoms with Gasteiger partial charge in [-0.15, -0.1) is 22.9 Å². The molecule has 0 amide bonds. The van der Waals surface area contributed by atoms with E-state index in [0.29, 0.717) is 0 Å². The predicted molar refractivity (Wildman–Crippen MR) is 49.4 cm³/mol. The average Bonchev–Trinajstić information content (AvgIpc) is 2.50. The normalized spacial score (nSPS) is 13.4. The lowest BCUT2D eigenvalue weighted by atomic mass is 10.3. The average molecular weight is 191 g/mol. The van der Waals surface area contributed by atoms with Crippen LogP contribution in [0.3, 0.4) is 0 Å². The largest absolute Gasteiger partial charge is 0.386 e. The summed E-state index contributed by atoms with van der Waals surface area (Å²) in [6.07, 6.45) is 0.543. The van der Waals surface area contributed by atoms with Gasteiger partial charge in [0.15, 0.2) is 0 Å². The Bertz CT molecular complexity index is 222. The van der Waals surface area contributed by atoms with Gasteiger partial charge in [0.25, 0.3) is 0 Å². The monoisotopic (exact) mass is 190 g/mol. The molecule has 11 heavy (non-hydrogen) atoms. The van der Waals surface area contributed by atoms with Crippen LogP contribution in [0.2, 0.25) is 0 Å². The third-order valence-electron chi connectivity index (χ3n) is 1.51. The van der Waals surface area contributed by atoms with Crippen molar-refractivity contribution in [1.82, 2.24) is 0 Å². The van der Waals surface area contributed by atoms with E-state index in [9.17, 15) is 5.11 Å². The minimum absolute atomic E-state index is 0.281. The van der Waals surface area contributed by atoms with E-state index in [1.165, 1.54) is 4.88 Å². The van der Waals surface area contributed by atoms with Crippen LogP contribution < -0.4 is 0 Å². The van der Waals surface area contributed by atoms with E-state index in [-0.39, 0.29) is 5.88 Å². The first kappa shape index (κ1) is 9.04.